The first-order valence-electron chi connectivity index (χ1n) is 12.6. The average molecular weight is 571 g/mol. The Morgan fingerprint density at radius 1 is 1.03 bits per heavy atom. The summed E-state index contributed by atoms with van der Waals surface area (Å²) in [4.78, 5) is 40.7. The summed E-state index contributed by atoms with van der Waals surface area (Å²) in [6, 6.07) is 26.3. The van der Waals surface area contributed by atoms with Crippen LogP contribution in [0.3, 0.4) is 0 Å². The lowest BCUT2D eigenvalue weighted by atomic mass is 10.1. The second-order valence-corrected chi connectivity index (χ2v) is 9.73. The van der Waals surface area contributed by atoms with E-state index in [1.807, 2.05) is 73.7 Å². The van der Waals surface area contributed by atoms with E-state index in [0.717, 1.165) is 11.1 Å². The van der Waals surface area contributed by atoms with Gasteiger partial charge in [-0.2, -0.15) is 0 Å². The number of piperazine rings is 1. The summed E-state index contributed by atoms with van der Waals surface area (Å²) in [5.41, 5.74) is 1.69. The van der Waals surface area contributed by atoms with Gasteiger partial charge in [-0.05, 0) is 23.3 Å². The molecule has 1 heterocycles. The standard InChI is InChI=1S/C23H27Cl2N5O3.C6H6/c1-3-27(2)30(23(33)26-12-17-7-5-4-6-8-17)21-14-28(22(32)15-29(21)16-31)13-18-9-10-19(24)11-20(18)25;1-2-4-6-5-3-1/h4-11,16,21H,3,12-15H2,1-2H3,(H,26,33);1-6H. The first-order valence-corrected chi connectivity index (χ1v) is 13.3. The van der Waals surface area contributed by atoms with E-state index in [-0.39, 0.29) is 31.6 Å². The molecular weight excluding hydrogens is 537 g/mol. The molecule has 0 spiro atoms. The van der Waals surface area contributed by atoms with Crippen molar-refractivity contribution in [3.63, 3.8) is 0 Å². The highest BCUT2D eigenvalue weighted by Gasteiger charge is 2.39. The third-order valence-corrected chi connectivity index (χ3v) is 6.80. The number of hydrogen-bond acceptors (Lipinski definition) is 4. The van der Waals surface area contributed by atoms with Crippen molar-refractivity contribution in [1.29, 1.82) is 0 Å². The zero-order chi connectivity index (χ0) is 28.2. The lowest BCUT2D eigenvalue weighted by molar-refractivity contribution is -0.156. The molecule has 4 rings (SSSR count). The number of rotatable bonds is 8. The molecule has 1 N–H and O–H groups in total. The molecule has 206 valence electrons. The Hall–Kier alpha value is -3.59. The molecule has 0 saturated carbocycles. The van der Waals surface area contributed by atoms with E-state index in [1.54, 1.807) is 35.2 Å². The predicted molar refractivity (Wildman–Crippen MR) is 154 cm³/mol. The maximum Gasteiger partial charge on any atom is 0.334 e. The molecule has 4 amide bonds. The Labute approximate surface area is 239 Å². The van der Waals surface area contributed by atoms with Gasteiger partial charge in [0.05, 0.1) is 6.54 Å². The van der Waals surface area contributed by atoms with Crippen LogP contribution in [0.1, 0.15) is 18.1 Å². The largest absolute Gasteiger partial charge is 0.334 e. The first kappa shape index (κ1) is 30.0. The molecule has 10 heteroatoms. The molecule has 1 aliphatic heterocycles. The number of nitrogens with zero attached hydrogens (tertiary/aromatic N) is 4. The summed E-state index contributed by atoms with van der Waals surface area (Å²) >= 11 is 12.3. The minimum atomic E-state index is -0.674. The van der Waals surface area contributed by atoms with Crippen molar-refractivity contribution in [2.45, 2.75) is 26.2 Å². The normalized spacial score (nSPS) is 14.9. The van der Waals surface area contributed by atoms with Gasteiger partial charge in [0.2, 0.25) is 12.3 Å². The molecule has 1 atom stereocenters. The number of hydrogen-bond donors (Lipinski definition) is 1. The lowest BCUT2D eigenvalue weighted by Crippen LogP contribution is -2.67. The van der Waals surface area contributed by atoms with Crippen molar-refractivity contribution in [1.82, 2.24) is 25.1 Å². The molecule has 0 aliphatic carbocycles. The third-order valence-electron chi connectivity index (χ3n) is 6.22. The molecule has 0 radical (unpaired) electrons. The Morgan fingerprint density at radius 3 is 2.21 bits per heavy atom. The van der Waals surface area contributed by atoms with E-state index in [9.17, 15) is 14.4 Å². The fraction of sp³-hybridized carbons (Fsp3) is 0.276. The van der Waals surface area contributed by atoms with Crippen molar-refractivity contribution in [2.24, 2.45) is 0 Å². The minimum absolute atomic E-state index is 0.139. The molecule has 39 heavy (non-hydrogen) atoms. The molecule has 1 saturated heterocycles. The number of nitrogens with one attached hydrogen (secondary N) is 1. The van der Waals surface area contributed by atoms with Crippen LogP contribution in [0.2, 0.25) is 10.0 Å². The fourth-order valence-electron chi connectivity index (χ4n) is 4.01. The van der Waals surface area contributed by atoms with Crippen molar-refractivity contribution in [2.75, 3.05) is 26.7 Å². The number of carbonyl (C=O) groups excluding carboxylic acids is 3. The highest BCUT2D eigenvalue weighted by molar-refractivity contribution is 6.35. The van der Waals surface area contributed by atoms with Crippen LogP contribution in [0, 0.1) is 0 Å². The van der Waals surface area contributed by atoms with Gasteiger partial charge in [0, 0.05) is 36.7 Å². The molecule has 1 fully saturated rings. The van der Waals surface area contributed by atoms with Gasteiger partial charge < -0.3 is 15.1 Å². The van der Waals surface area contributed by atoms with Gasteiger partial charge in [-0.3, -0.25) is 9.59 Å². The summed E-state index contributed by atoms with van der Waals surface area (Å²) in [7, 11) is 1.77. The van der Waals surface area contributed by atoms with E-state index >= 15 is 0 Å². The zero-order valence-electron chi connectivity index (χ0n) is 22.0. The summed E-state index contributed by atoms with van der Waals surface area (Å²) in [6.07, 6.45) is -0.0668. The number of halogens is 2. The topological polar surface area (TPSA) is 76.2 Å². The van der Waals surface area contributed by atoms with Gasteiger partial charge in [0.25, 0.3) is 0 Å². The molecule has 0 aromatic heterocycles. The third kappa shape index (κ3) is 8.71. The fourth-order valence-corrected chi connectivity index (χ4v) is 4.48. The summed E-state index contributed by atoms with van der Waals surface area (Å²) in [6.45, 7) is 3.01. The molecule has 8 nitrogen and oxygen atoms in total. The van der Waals surface area contributed by atoms with Gasteiger partial charge in [0.15, 0.2) is 0 Å². The Balaban J connectivity index is 0.000000617. The number of hydrazine groups is 1. The number of amides is 4. The Morgan fingerprint density at radius 2 is 1.64 bits per heavy atom. The second-order valence-electron chi connectivity index (χ2n) is 8.89. The van der Waals surface area contributed by atoms with Crippen LogP contribution < -0.4 is 5.32 Å². The van der Waals surface area contributed by atoms with Gasteiger partial charge in [-0.25, -0.2) is 14.8 Å². The van der Waals surface area contributed by atoms with Gasteiger partial charge >= 0.3 is 6.03 Å². The highest BCUT2D eigenvalue weighted by Crippen LogP contribution is 2.24. The van der Waals surface area contributed by atoms with Crippen molar-refractivity contribution in [3.8, 4) is 0 Å². The van der Waals surface area contributed by atoms with Gasteiger partial charge in [-0.15, -0.1) is 0 Å². The van der Waals surface area contributed by atoms with Crippen LogP contribution in [-0.4, -0.2) is 71.0 Å². The summed E-state index contributed by atoms with van der Waals surface area (Å²) < 4.78 is 0. The number of benzene rings is 3. The van der Waals surface area contributed by atoms with Crippen molar-refractivity contribution < 1.29 is 14.4 Å². The lowest BCUT2D eigenvalue weighted by Gasteiger charge is -2.46. The molecule has 1 aliphatic rings. The smallest absolute Gasteiger partial charge is 0.333 e. The van der Waals surface area contributed by atoms with Crippen molar-refractivity contribution >= 4 is 41.6 Å². The zero-order valence-corrected chi connectivity index (χ0v) is 23.6. The van der Waals surface area contributed by atoms with Crippen molar-refractivity contribution in [3.05, 3.63) is 106 Å². The highest BCUT2D eigenvalue weighted by atomic mass is 35.5. The van der Waals surface area contributed by atoms with E-state index in [4.69, 9.17) is 23.2 Å². The Bertz CT molecular complexity index is 1190. The summed E-state index contributed by atoms with van der Waals surface area (Å²) in [5, 5.41) is 7.08. The molecule has 1 unspecified atom stereocenters. The van der Waals surface area contributed by atoms with Crippen LogP contribution in [0.5, 0.6) is 0 Å². The molecule has 0 bridgehead atoms. The molecular formula is C29H33Cl2N5O3. The second kappa shape index (κ2) is 15.1. The monoisotopic (exact) mass is 569 g/mol. The molecule has 3 aromatic carbocycles. The van der Waals surface area contributed by atoms with Crippen LogP contribution in [-0.2, 0) is 22.7 Å². The SMILES string of the molecule is CCN(C)N(C(=O)NCc1ccccc1)C1CN(Cc2ccc(Cl)cc2Cl)C(=O)CN1C=O.c1ccccc1. The van der Waals surface area contributed by atoms with E-state index < -0.39 is 6.17 Å². The Kier molecular flexibility index (Phi) is 11.6. The van der Waals surface area contributed by atoms with Crippen LogP contribution >= 0.6 is 23.2 Å². The number of urea groups is 1. The summed E-state index contributed by atoms with van der Waals surface area (Å²) in [5.74, 6) is -0.229. The predicted octanol–water partition coefficient (Wildman–Crippen LogP) is 4.89. The average Bonchev–Trinajstić information content (AvgIpc) is 2.96. The van der Waals surface area contributed by atoms with E-state index in [2.05, 4.69) is 5.32 Å². The van der Waals surface area contributed by atoms with Crippen LogP contribution in [0.25, 0.3) is 0 Å². The first-order chi connectivity index (χ1) is 18.8. The van der Waals surface area contributed by atoms with E-state index in [0.29, 0.717) is 29.5 Å². The maximum absolute atomic E-state index is 13.2. The van der Waals surface area contributed by atoms with Gasteiger partial charge in [0.1, 0.15) is 12.7 Å². The maximum atomic E-state index is 13.2. The van der Waals surface area contributed by atoms with Crippen LogP contribution in [0.15, 0.2) is 84.9 Å². The van der Waals surface area contributed by atoms with E-state index in [1.165, 1.54) is 9.91 Å². The quantitative estimate of drug-likeness (QED) is 0.309. The van der Waals surface area contributed by atoms with Crippen LogP contribution in [0.4, 0.5) is 4.79 Å². The van der Waals surface area contributed by atoms with Gasteiger partial charge in [-0.1, -0.05) is 103 Å². The minimum Gasteiger partial charge on any atom is -0.333 e. The number of carbonyl (C=O) groups is 3. The molecule has 3 aromatic rings.